The highest BCUT2D eigenvalue weighted by molar-refractivity contribution is 5.91. The summed E-state index contributed by atoms with van der Waals surface area (Å²) in [6.45, 7) is 14.5. The number of aryl methyl sites for hydroxylation is 1. The van der Waals surface area contributed by atoms with E-state index in [-0.39, 0.29) is 32.1 Å². The van der Waals surface area contributed by atoms with Gasteiger partial charge in [-0.1, -0.05) is 108 Å². The number of hydrogen-bond donors (Lipinski definition) is 3. The highest BCUT2D eigenvalue weighted by Crippen LogP contribution is 2.29. The smallest absolute Gasteiger partial charge is 0.417 e. The number of imide groups is 1. The molecule has 2 aromatic carbocycles. The van der Waals surface area contributed by atoms with Crippen LogP contribution in [0.15, 0.2) is 97.2 Å². The summed E-state index contributed by atoms with van der Waals surface area (Å²) in [7, 11) is 1.21. The Morgan fingerprint density at radius 3 is 2.20 bits per heavy atom. The average molecular weight is 821 g/mol. The van der Waals surface area contributed by atoms with E-state index in [4.69, 9.17) is 4.74 Å². The van der Waals surface area contributed by atoms with E-state index in [9.17, 15) is 24.3 Å². The van der Waals surface area contributed by atoms with Crippen molar-refractivity contribution in [1.29, 1.82) is 0 Å². The summed E-state index contributed by atoms with van der Waals surface area (Å²) < 4.78 is 4.98. The molecule has 5 rings (SSSR count). The summed E-state index contributed by atoms with van der Waals surface area (Å²) in [5.74, 6) is -0.408. The summed E-state index contributed by atoms with van der Waals surface area (Å²) in [4.78, 5) is 68.6. The number of carbonyl (C=O) groups is 4. The molecule has 3 N–H and O–H groups in total. The van der Waals surface area contributed by atoms with Crippen molar-refractivity contribution in [2.75, 3.05) is 33.3 Å². The van der Waals surface area contributed by atoms with Gasteiger partial charge in [0.1, 0.15) is 6.04 Å². The maximum absolute atomic E-state index is 14.6. The number of aliphatic hydroxyl groups is 1. The summed E-state index contributed by atoms with van der Waals surface area (Å²) in [5, 5.41) is 16.8. The molecule has 1 fully saturated rings. The molecule has 1 saturated heterocycles. The molecular formula is C46H60N8O6. The number of urea groups is 2. The van der Waals surface area contributed by atoms with Gasteiger partial charge in [0.25, 0.3) is 0 Å². The number of ether oxygens (including phenoxy) is 1. The summed E-state index contributed by atoms with van der Waals surface area (Å²) in [6, 6.07) is 25.8. The zero-order valence-electron chi connectivity index (χ0n) is 36.1. The third-order valence-corrected chi connectivity index (χ3v) is 10.1. The zero-order valence-corrected chi connectivity index (χ0v) is 36.1. The van der Waals surface area contributed by atoms with E-state index in [0.29, 0.717) is 19.6 Å². The van der Waals surface area contributed by atoms with Crippen LogP contribution in [0, 0.1) is 17.8 Å². The second kappa shape index (κ2) is 19.9. The lowest BCUT2D eigenvalue weighted by Gasteiger charge is -2.38. The molecule has 4 aromatic rings. The maximum atomic E-state index is 14.6. The number of pyridine rings is 2. The second-order valence-electron chi connectivity index (χ2n) is 17.6. The topological polar surface area (TPSA) is 161 Å². The fraction of sp³-hybridized carbons (Fsp3) is 0.435. The molecule has 1 aliphatic heterocycles. The first-order valence-electron chi connectivity index (χ1n) is 20.3. The summed E-state index contributed by atoms with van der Waals surface area (Å²) in [5.41, 5.74) is 6.73. The summed E-state index contributed by atoms with van der Waals surface area (Å²) >= 11 is 0. The third-order valence-electron chi connectivity index (χ3n) is 10.1. The van der Waals surface area contributed by atoms with Gasteiger partial charge in [0.05, 0.1) is 37.2 Å². The predicted molar refractivity (Wildman–Crippen MR) is 230 cm³/mol. The van der Waals surface area contributed by atoms with Crippen molar-refractivity contribution in [3.8, 4) is 11.3 Å². The molecule has 0 bridgehead atoms. The molecule has 3 heterocycles. The lowest BCUT2D eigenvalue weighted by atomic mass is 9.84. The largest absolute Gasteiger partial charge is 0.452 e. The third kappa shape index (κ3) is 12.6. The van der Waals surface area contributed by atoms with Gasteiger partial charge in [0.15, 0.2) is 0 Å². The SMILES string of the molecule is COC(=O)N(CC(C)(C)C)C(=O)NN(Cc1ccc(-c2ccccn2)cc1)CC(O)C(Cc1ccccc1)NC(=O)C(N1CCN(Cc2cccc(C)n2)C1=O)C(C)(C)C. The molecule has 3 unspecified atom stereocenters. The van der Waals surface area contributed by atoms with E-state index < -0.39 is 47.0 Å². The molecule has 0 saturated carbocycles. The monoisotopic (exact) mass is 820 g/mol. The molecule has 14 nitrogen and oxygen atoms in total. The first-order valence-corrected chi connectivity index (χ1v) is 20.3. The molecule has 0 aliphatic carbocycles. The number of rotatable bonds is 15. The normalized spacial score (nSPS) is 14.7. The van der Waals surface area contributed by atoms with Crippen molar-refractivity contribution < 1.29 is 29.0 Å². The standard InChI is InChI=1S/C46H60N8O6/c1-32-15-14-18-36(48-32)29-51-25-26-53(43(51)58)40(46(5,6)7)41(56)49-38(27-33-16-10-9-11-17-33)39(55)30-52(50-42(57)54(44(59)60-8)31-45(2,3)4)28-34-20-22-35(23-21-34)37-19-12-13-24-47-37/h9-24,38-40,55H,25-31H2,1-8H3,(H,49,56)(H,50,57). The Morgan fingerprint density at radius 2 is 1.58 bits per heavy atom. The van der Waals surface area contributed by atoms with Gasteiger partial charge >= 0.3 is 18.2 Å². The number of hydrogen-bond acceptors (Lipinski definition) is 9. The van der Waals surface area contributed by atoms with Crippen molar-refractivity contribution in [2.24, 2.45) is 10.8 Å². The molecule has 60 heavy (non-hydrogen) atoms. The maximum Gasteiger partial charge on any atom is 0.417 e. The van der Waals surface area contributed by atoms with Gasteiger partial charge in [-0.3, -0.25) is 20.2 Å². The molecule has 14 heteroatoms. The molecule has 2 aromatic heterocycles. The van der Waals surface area contributed by atoms with Crippen molar-refractivity contribution in [2.45, 2.75) is 86.2 Å². The van der Waals surface area contributed by atoms with Gasteiger partial charge in [-0.2, -0.15) is 0 Å². The Bertz CT molecular complexity index is 2050. The van der Waals surface area contributed by atoms with Crippen LogP contribution in [-0.2, 0) is 29.0 Å². The molecule has 6 amide bonds. The minimum absolute atomic E-state index is 0.0652. The molecule has 3 atom stereocenters. The second-order valence-corrected chi connectivity index (χ2v) is 17.6. The molecule has 0 radical (unpaired) electrons. The number of nitrogens with one attached hydrogen (secondary N) is 2. The Kier molecular flexibility index (Phi) is 15.0. The van der Waals surface area contributed by atoms with Crippen LogP contribution in [0.4, 0.5) is 14.4 Å². The number of aromatic nitrogens is 2. The van der Waals surface area contributed by atoms with Crippen molar-refractivity contribution in [3.63, 3.8) is 0 Å². The molecule has 320 valence electrons. The number of nitrogens with zero attached hydrogens (tertiary/aromatic N) is 6. The average Bonchev–Trinajstić information content (AvgIpc) is 3.54. The van der Waals surface area contributed by atoms with E-state index in [2.05, 4.69) is 20.7 Å². The molecule has 1 aliphatic rings. The number of methoxy groups -OCH3 is 1. The Morgan fingerprint density at radius 1 is 0.883 bits per heavy atom. The van der Waals surface area contributed by atoms with Crippen LogP contribution >= 0.6 is 0 Å². The van der Waals surface area contributed by atoms with Crippen LogP contribution in [0.5, 0.6) is 0 Å². The minimum atomic E-state index is -1.24. The Hall–Kier alpha value is -5.86. The number of carbonyl (C=O) groups excluding carboxylic acids is 4. The Labute approximate surface area is 353 Å². The number of benzene rings is 2. The van der Waals surface area contributed by atoms with Crippen LogP contribution in [0.1, 0.15) is 64.1 Å². The van der Waals surface area contributed by atoms with Gasteiger partial charge in [0, 0.05) is 50.2 Å². The molecule has 0 spiro atoms. The zero-order chi connectivity index (χ0) is 43.6. The van der Waals surface area contributed by atoms with Crippen molar-refractivity contribution >= 4 is 24.1 Å². The fourth-order valence-electron chi connectivity index (χ4n) is 7.32. The summed E-state index contributed by atoms with van der Waals surface area (Å²) in [6.07, 6.45) is -0.0866. The lowest BCUT2D eigenvalue weighted by molar-refractivity contribution is -0.130. The first-order chi connectivity index (χ1) is 28.4. The van der Waals surface area contributed by atoms with Gasteiger partial charge in [-0.05, 0) is 59.6 Å². The highest BCUT2D eigenvalue weighted by Gasteiger charge is 2.44. The quantitative estimate of drug-likeness (QED) is 0.115. The van der Waals surface area contributed by atoms with Gasteiger partial charge in [-0.25, -0.2) is 24.3 Å². The van der Waals surface area contributed by atoms with Crippen molar-refractivity contribution in [1.82, 2.24) is 40.4 Å². The van der Waals surface area contributed by atoms with Crippen LogP contribution in [0.25, 0.3) is 11.3 Å². The van der Waals surface area contributed by atoms with E-state index in [0.717, 1.165) is 38.7 Å². The number of aliphatic hydroxyl groups excluding tert-OH is 1. The fourth-order valence-corrected chi connectivity index (χ4v) is 7.32. The van der Waals surface area contributed by atoms with Gasteiger partial charge < -0.3 is 25.0 Å². The van der Waals surface area contributed by atoms with Crippen LogP contribution < -0.4 is 10.7 Å². The molecular weight excluding hydrogens is 761 g/mol. The van der Waals surface area contributed by atoms with Crippen molar-refractivity contribution in [3.05, 3.63) is 120 Å². The Balaban J connectivity index is 1.42. The van der Waals surface area contributed by atoms with E-state index in [1.165, 1.54) is 12.1 Å². The van der Waals surface area contributed by atoms with E-state index >= 15 is 0 Å². The number of amides is 6. The minimum Gasteiger partial charge on any atom is -0.452 e. The van der Waals surface area contributed by atoms with Gasteiger partial charge in [0.2, 0.25) is 5.91 Å². The predicted octanol–water partition coefficient (Wildman–Crippen LogP) is 6.43. The van der Waals surface area contributed by atoms with Crippen LogP contribution in [-0.4, -0.2) is 110 Å². The van der Waals surface area contributed by atoms with E-state index in [1.54, 1.807) is 16.0 Å². The van der Waals surface area contributed by atoms with E-state index in [1.807, 2.05) is 139 Å². The lowest BCUT2D eigenvalue weighted by Crippen LogP contribution is -2.60. The van der Waals surface area contributed by atoms with Crippen LogP contribution in [0.3, 0.4) is 0 Å². The number of hydrazine groups is 1. The van der Waals surface area contributed by atoms with Crippen LogP contribution in [0.2, 0.25) is 0 Å². The van der Waals surface area contributed by atoms with Gasteiger partial charge in [-0.15, -0.1) is 0 Å². The highest BCUT2D eigenvalue weighted by atomic mass is 16.5. The first kappa shape index (κ1) is 45.2.